The van der Waals surface area contributed by atoms with E-state index in [0.717, 1.165) is 6.20 Å². The van der Waals surface area contributed by atoms with Gasteiger partial charge >= 0.3 is 6.36 Å². The van der Waals surface area contributed by atoms with Crippen molar-refractivity contribution in [2.24, 2.45) is 0 Å². The van der Waals surface area contributed by atoms with Gasteiger partial charge in [0.25, 0.3) is 0 Å². The zero-order valence-electron chi connectivity index (χ0n) is 6.40. The molecule has 8 heteroatoms. The third kappa shape index (κ3) is 2.55. The minimum atomic E-state index is -4.86. The summed E-state index contributed by atoms with van der Waals surface area (Å²) in [5.41, 5.74) is 4.74. The maximum Gasteiger partial charge on any atom is 0.574 e. The van der Waals surface area contributed by atoms with Crippen LogP contribution < -0.4 is 10.5 Å². The van der Waals surface area contributed by atoms with Crippen LogP contribution in [0.2, 0.25) is 10.0 Å². The summed E-state index contributed by atoms with van der Waals surface area (Å²) in [6.45, 7) is 0. The third-order valence-corrected chi connectivity index (χ3v) is 1.97. The number of hydrogen-bond acceptors (Lipinski definition) is 3. The van der Waals surface area contributed by atoms with E-state index in [4.69, 9.17) is 28.9 Å². The van der Waals surface area contributed by atoms with Crippen LogP contribution in [0, 0.1) is 0 Å². The topological polar surface area (TPSA) is 48.1 Å². The molecular weight excluding hydrogens is 244 g/mol. The van der Waals surface area contributed by atoms with Crippen molar-refractivity contribution in [1.82, 2.24) is 4.98 Å². The third-order valence-electron chi connectivity index (χ3n) is 1.18. The molecule has 1 heterocycles. The highest BCUT2D eigenvalue weighted by molar-refractivity contribution is 6.43. The zero-order valence-corrected chi connectivity index (χ0v) is 7.91. The number of ether oxygens (including phenoxy) is 1. The molecule has 1 rings (SSSR count). The number of nitrogen functional groups attached to an aromatic ring is 1. The second kappa shape index (κ2) is 3.70. The number of nitrogens with two attached hydrogens (primary N) is 1. The number of nitrogens with zero attached hydrogens (tertiary/aromatic N) is 1. The zero-order chi connectivity index (χ0) is 10.9. The van der Waals surface area contributed by atoms with E-state index in [1.54, 1.807) is 0 Å². The van der Waals surface area contributed by atoms with Crippen LogP contribution in [0.4, 0.5) is 18.9 Å². The van der Waals surface area contributed by atoms with Gasteiger partial charge in [-0.2, -0.15) is 0 Å². The Labute approximate surface area is 86.6 Å². The molecule has 3 nitrogen and oxygen atoms in total. The second-order valence-electron chi connectivity index (χ2n) is 2.19. The van der Waals surface area contributed by atoms with Gasteiger partial charge in [0.05, 0.1) is 16.2 Å². The molecule has 0 amide bonds. The Morgan fingerprint density at radius 3 is 2.43 bits per heavy atom. The van der Waals surface area contributed by atoms with Crippen LogP contribution in [0.3, 0.4) is 0 Å². The van der Waals surface area contributed by atoms with Crippen molar-refractivity contribution >= 4 is 28.9 Å². The van der Waals surface area contributed by atoms with Crippen LogP contribution in [-0.4, -0.2) is 11.3 Å². The lowest BCUT2D eigenvalue weighted by molar-refractivity contribution is -0.275. The number of aromatic nitrogens is 1. The van der Waals surface area contributed by atoms with Gasteiger partial charge in [-0.1, -0.05) is 23.2 Å². The summed E-state index contributed by atoms with van der Waals surface area (Å²) in [6, 6.07) is 0. The fraction of sp³-hybridized carbons (Fsp3) is 0.167. The molecular formula is C6H3Cl2F3N2O. The van der Waals surface area contributed by atoms with Crippen molar-refractivity contribution in [3.63, 3.8) is 0 Å². The van der Waals surface area contributed by atoms with E-state index in [-0.39, 0.29) is 10.0 Å². The minimum Gasteiger partial charge on any atom is -0.393 e. The van der Waals surface area contributed by atoms with Gasteiger partial charge < -0.3 is 10.5 Å². The van der Waals surface area contributed by atoms with Gasteiger partial charge in [-0.3, -0.25) is 0 Å². The molecule has 0 aromatic carbocycles. The number of alkyl halides is 3. The van der Waals surface area contributed by atoms with E-state index in [9.17, 15) is 13.2 Å². The standard InChI is InChI=1S/C6H3Cl2F3N2O/c7-2-1-13-5(4(12)3(2)8)14-6(9,10)11/h1H,12H2. The lowest BCUT2D eigenvalue weighted by Gasteiger charge is -2.10. The van der Waals surface area contributed by atoms with Crippen molar-refractivity contribution < 1.29 is 17.9 Å². The van der Waals surface area contributed by atoms with Crippen LogP contribution in [0.5, 0.6) is 5.88 Å². The van der Waals surface area contributed by atoms with Crippen LogP contribution in [-0.2, 0) is 0 Å². The van der Waals surface area contributed by atoms with E-state index < -0.39 is 17.9 Å². The van der Waals surface area contributed by atoms with Crippen molar-refractivity contribution in [2.75, 3.05) is 5.73 Å². The normalized spacial score (nSPS) is 11.5. The minimum absolute atomic E-state index is 0.0429. The number of hydrogen-bond donors (Lipinski definition) is 1. The summed E-state index contributed by atoms with van der Waals surface area (Å²) in [7, 11) is 0. The number of pyridine rings is 1. The summed E-state index contributed by atoms with van der Waals surface area (Å²) in [6.07, 6.45) is -3.94. The molecule has 0 atom stereocenters. The van der Waals surface area contributed by atoms with E-state index in [1.807, 2.05) is 0 Å². The number of rotatable bonds is 1. The lowest BCUT2D eigenvalue weighted by atomic mass is 10.4. The van der Waals surface area contributed by atoms with Gasteiger partial charge in [0, 0.05) is 0 Å². The summed E-state index contributed by atoms with van der Waals surface area (Å²) in [5.74, 6) is -0.813. The lowest BCUT2D eigenvalue weighted by Crippen LogP contribution is -2.19. The highest BCUT2D eigenvalue weighted by atomic mass is 35.5. The van der Waals surface area contributed by atoms with Crippen molar-refractivity contribution in [3.05, 3.63) is 16.2 Å². The summed E-state index contributed by atoms with van der Waals surface area (Å²) >= 11 is 10.9. The largest absolute Gasteiger partial charge is 0.574 e. The van der Waals surface area contributed by atoms with Gasteiger partial charge in [0.1, 0.15) is 5.69 Å². The Balaban J connectivity index is 3.06. The first-order chi connectivity index (χ1) is 6.31. The number of anilines is 1. The molecule has 1 aromatic heterocycles. The molecule has 0 unspecified atom stereocenters. The van der Waals surface area contributed by atoms with Crippen molar-refractivity contribution in [2.45, 2.75) is 6.36 Å². The van der Waals surface area contributed by atoms with Crippen LogP contribution >= 0.6 is 23.2 Å². The molecule has 14 heavy (non-hydrogen) atoms. The van der Waals surface area contributed by atoms with Gasteiger partial charge in [-0.15, -0.1) is 13.2 Å². The van der Waals surface area contributed by atoms with Gasteiger partial charge in [-0.25, -0.2) is 4.98 Å². The molecule has 0 aliphatic carbocycles. The number of halogens is 5. The van der Waals surface area contributed by atoms with Crippen LogP contribution in [0.15, 0.2) is 6.20 Å². The van der Waals surface area contributed by atoms with Crippen LogP contribution in [0.25, 0.3) is 0 Å². The summed E-state index contributed by atoms with van der Waals surface area (Å²) in [5, 5.41) is -0.264. The molecule has 0 aliphatic rings. The molecule has 0 saturated heterocycles. The molecule has 0 saturated carbocycles. The average molecular weight is 247 g/mol. The van der Waals surface area contributed by atoms with Gasteiger partial charge in [0.2, 0.25) is 5.88 Å². The predicted octanol–water partition coefficient (Wildman–Crippen LogP) is 2.87. The van der Waals surface area contributed by atoms with Gasteiger partial charge in [0.15, 0.2) is 0 Å². The fourth-order valence-electron chi connectivity index (χ4n) is 0.655. The Hall–Kier alpha value is -0.880. The van der Waals surface area contributed by atoms with E-state index in [2.05, 4.69) is 9.72 Å². The van der Waals surface area contributed by atoms with E-state index in [0.29, 0.717) is 0 Å². The highest BCUT2D eigenvalue weighted by Gasteiger charge is 2.33. The second-order valence-corrected chi connectivity index (χ2v) is 2.97. The monoisotopic (exact) mass is 246 g/mol. The first-order valence-electron chi connectivity index (χ1n) is 3.16. The average Bonchev–Trinajstić information content (AvgIpc) is 2.04. The molecule has 78 valence electrons. The first kappa shape index (κ1) is 11.2. The van der Waals surface area contributed by atoms with Crippen molar-refractivity contribution in [3.8, 4) is 5.88 Å². The maximum atomic E-state index is 11.8. The SMILES string of the molecule is Nc1c(OC(F)(F)F)ncc(Cl)c1Cl. The Bertz CT molecular complexity index is 356. The maximum absolute atomic E-state index is 11.8. The quantitative estimate of drug-likeness (QED) is 0.829. The van der Waals surface area contributed by atoms with Crippen molar-refractivity contribution in [1.29, 1.82) is 0 Å². The molecule has 0 aliphatic heterocycles. The summed E-state index contributed by atoms with van der Waals surface area (Å²) < 4.78 is 38.8. The molecule has 0 spiro atoms. The van der Waals surface area contributed by atoms with E-state index >= 15 is 0 Å². The van der Waals surface area contributed by atoms with Gasteiger partial charge in [-0.05, 0) is 0 Å². The predicted molar refractivity (Wildman–Crippen MR) is 45.4 cm³/mol. The Morgan fingerprint density at radius 2 is 1.93 bits per heavy atom. The van der Waals surface area contributed by atoms with E-state index in [1.165, 1.54) is 0 Å². The molecule has 1 aromatic rings. The molecule has 0 radical (unpaired) electrons. The smallest absolute Gasteiger partial charge is 0.393 e. The Kier molecular flexibility index (Phi) is 2.96. The first-order valence-corrected chi connectivity index (χ1v) is 3.92. The highest BCUT2D eigenvalue weighted by Crippen LogP contribution is 2.35. The van der Waals surface area contributed by atoms with Crippen LogP contribution in [0.1, 0.15) is 0 Å². The molecule has 0 fully saturated rings. The summed E-state index contributed by atoms with van der Waals surface area (Å²) in [4.78, 5) is 3.24. The molecule has 2 N–H and O–H groups in total. The Morgan fingerprint density at radius 1 is 1.36 bits per heavy atom. The molecule has 0 bridgehead atoms. The fourth-order valence-corrected chi connectivity index (χ4v) is 0.935.